The second-order valence-corrected chi connectivity index (χ2v) is 9.58. The Hall–Kier alpha value is -2.44. The molecule has 3 N–H and O–H groups in total. The quantitative estimate of drug-likeness (QED) is 0.662. The second kappa shape index (κ2) is 7.76. The zero-order valence-corrected chi connectivity index (χ0v) is 17.1. The zero-order chi connectivity index (χ0) is 20.6. The fourth-order valence-electron chi connectivity index (χ4n) is 5.98. The number of hydrogen-bond donors (Lipinski definition) is 3. The molecule has 1 aromatic heterocycles. The number of rotatable bonds is 5. The largest absolute Gasteiger partial charge is 0.344 e. The summed E-state index contributed by atoms with van der Waals surface area (Å²) in [5.74, 6) is 1.06. The first-order chi connectivity index (χ1) is 13.9. The van der Waals surface area contributed by atoms with Gasteiger partial charge in [-0.05, 0) is 74.3 Å². The molecule has 29 heavy (non-hydrogen) atoms. The Bertz CT molecular complexity index is 757. The van der Waals surface area contributed by atoms with Gasteiger partial charge in [0.1, 0.15) is 6.04 Å². The molecule has 4 bridgehead atoms. The topological polar surface area (TPSA) is 100 Å². The van der Waals surface area contributed by atoms with Crippen LogP contribution in [0.5, 0.6) is 0 Å². The molecule has 1 aromatic rings. The first kappa shape index (κ1) is 19.9. The molecule has 5 rings (SSSR count). The lowest BCUT2D eigenvalue weighted by atomic mass is 9.49. The van der Waals surface area contributed by atoms with Gasteiger partial charge in [-0.2, -0.15) is 0 Å². The third-order valence-electron chi connectivity index (χ3n) is 6.98. The van der Waals surface area contributed by atoms with Gasteiger partial charge in [-0.1, -0.05) is 13.8 Å². The molecule has 1 atom stereocenters. The van der Waals surface area contributed by atoms with E-state index in [9.17, 15) is 14.4 Å². The van der Waals surface area contributed by atoms with Crippen molar-refractivity contribution in [1.82, 2.24) is 21.2 Å². The summed E-state index contributed by atoms with van der Waals surface area (Å²) in [7, 11) is 0. The highest BCUT2D eigenvalue weighted by Gasteiger charge is 2.55. The first-order valence-electron chi connectivity index (χ1n) is 10.7. The van der Waals surface area contributed by atoms with Crippen LogP contribution in [-0.4, -0.2) is 28.7 Å². The van der Waals surface area contributed by atoms with Crippen molar-refractivity contribution in [2.45, 2.75) is 58.4 Å². The summed E-state index contributed by atoms with van der Waals surface area (Å²) in [6.07, 6.45) is 9.66. The summed E-state index contributed by atoms with van der Waals surface area (Å²) in [6.45, 7) is 3.79. The third-order valence-corrected chi connectivity index (χ3v) is 6.98. The van der Waals surface area contributed by atoms with Crippen molar-refractivity contribution in [3.8, 4) is 0 Å². The van der Waals surface area contributed by atoms with E-state index in [1.54, 1.807) is 18.3 Å². The van der Waals surface area contributed by atoms with Crippen molar-refractivity contribution in [2.75, 3.05) is 0 Å². The maximum atomic E-state index is 13.3. The summed E-state index contributed by atoms with van der Waals surface area (Å²) < 4.78 is 0. The molecule has 0 aliphatic heterocycles. The average molecular weight is 399 g/mol. The Labute approximate surface area is 171 Å². The summed E-state index contributed by atoms with van der Waals surface area (Å²) in [4.78, 5) is 42.1. The van der Waals surface area contributed by atoms with E-state index in [4.69, 9.17) is 0 Å². The van der Waals surface area contributed by atoms with Crippen LogP contribution >= 0.6 is 0 Å². The van der Waals surface area contributed by atoms with Crippen LogP contribution in [0.4, 0.5) is 0 Å². The Morgan fingerprint density at radius 1 is 1.03 bits per heavy atom. The van der Waals surface area contributed by atoms with Crippen LogP contribution < -0.4 is 16.2 Å². The van der Waals surface area contributed by atoms with E-state index in [0.717, 1.165) is 19.3 Å². The summed E-state index contributed by atoms with van der Waals surface area (Å²) in [5, 5.41) is 3.02. The van der Waals surface area contributed by atoms with Crippen molar-refractivity contribution in [3.05, 3.63) is 30.1 Å². The number of hydrazine groups is 1. The normalized spacial score (nSPS) is 30.7. The van der Waals surface area contributed by atoms with Crippen molar-refractivity contribution < 1.29 is 14.4 Å². The van der Waals surface area contributed by atoms with E-state index in [0.29, 0.717) is 23.3 Å². The molecule has 7 heteroatoms. The molecule has 7 nitrogen and oxygen atoms in total. The van der Waals surface area contributed by atoms with E-state index < -0.39 is 17.9 Å². The molecule has 4 aliphatic rings. The number of pyridine rings is 1. The number of carbonyl (C=O) groups excluding carboxylic acids is 3. The Balaban J connectivity index is 1.38. The Kier molecular flexibility index (Phi) is 5.32. The van der Waals surface area contributed by atoms with Crippen LogP contribution in [0.2, 0.25) is 0 Å². The van der Waals surface area contributed by atoms with Gasteiger partial charge in [0.2, 0.25) is 5.91 Å². The molecule has 0 spiro atoms. The lowest BCUT2D eigenvalue weighted by Gasteiger charge is -2.55. The van der Waals surface area contributed by atoms with Crippen LogP contribution in [0.25, 0.3) is 0 Å². The Morgan fingerprint density at radius 2 is 1.66 bits per heavy atom. The van der Waals surface area contributed by atoms with E-state index in [2.05, 4.69) is 21.2 Å². The maximum Gasteiger partial charge on any atom is 0.271 e. The van der Waals surface area contributed by atoms with Crippen molar-refractivity contribution in [3.63, 3.8) is 0 Å². The standard InChI is InChI=1S/C22H30N4O3/c1-13(2)18(20(28)26-25-19(27)17-4-3-5-23-12-17)24-21(29)22-9-14-6-15(10-22)8-16(7-14)11-22/h3-5,12-16,18H,6-11H2,1-2H3,(H,24,29)(H,25,27)(H,26,28)/t14?,15?,16?,18-,22?/m1/s1. The van der Waals surface area contributed by atoms with Gasteiger partial charge in [-0.3, -0.25) is 30.2 Å². The molecule has 0 radical (unpaired) electrons. The minimum absolute atomic E-state index is 0.0176. The number of aromatic nitrogens is 1. The van der Waals surface area contributed by atoms with Gasteiger partial charge in [-0.15, -0.1) is 0 Å². The molecule has 0 saturated heterocycles. The lowest BCUT2D eigenvalue weighted by molar-refractivity contribution is -0.149. The van der Waals surface area contributed by atoms with Crippen LogP contribution in [0.15, 0.2) is 24.5 Å². The smallest absolute Gasteiger partial charge is 0.271 e. The van der Waals surface area contributed by atoms with Crippen LogP contribution in [0.1, 0.15) is 62.7 Å². The molecule has 0 aromatic carbocycles. The molecule has 156 valence electrons. The number of amides is 3. The van der Waals surface area contributed by atoms with Crippen molar-refractivity contribution in [2.24, 2.45) is 29.1 Å². The summed E-state index contributed by atoms with van der Waals surface area (Å²) >= 11 is 0. The second-order valence-electron chi connectivity index (χ2n) is 9.58. The fourth-order valence-corrected chi connectivity index (χ4v) is 5.98. The van der Waals surface area contributed by atoms with Gasteiger partial charge in [0.15, 0.2) is 0 Å². The highest BCUT2D eigenvalue weighted by molar-refractivity contribution is 5.96. The van der Waals surface area contributed by atoms with Crippen LogP contribution in [0, 0.1) is 29.1 Å². The monoisotopic (exact) mass is 398 g/mol. The summed E-state index contributed by atoms with van der Waals surface area (Å²) in [5.41, 5.74) is 4.92. The molecule has 4 saturated carbocycles. The molecule has 3 amide bonds. The van der Waals surface area contributed by atoms with E-state index >= 15 is 0 Å². The van der Waals surface area contributed by atoms with Crippen molar-refractivity contribution >= 4 is 17.7 Å². The van der Waals surface area contributed by atoms with Gasteiger partial charge >= 0.3 is 0 Å². The van der Waals surface area contributed by atoms with Gasteiger partial charge in [0.05, 0.1) is 5.56 Å². The SMILES string of the molecule is CC(C)[C@@H](NC(=O)C12CC3CC(CC(C3)C1)C2)C(=O)NNC(=O)c1cccnc1. The van der Waals surface area contributed by atoms with E-state index in [-0.39, 0.29) is 17.2 Å². The first-order valence-corrected chi connectivity index (χ1v) is 10.7. The molecular weight excluding hydrogens is 368 g/mol. The molecular formula is C22H30N4O3. The number of nitrogens with zero attached hydrogens (tertiary/aromatic N) is 1. The van der Waals surface area contributed by atoms with Gasteiger partial charge in [0, 0.05) is 17.8 Å². The Morgan fingerprint density at radius 3 is 2.17 bits per heavy atom. The average Bonchev–Trinajstić information content (AvgIpc) is 2.69. The summed E-state index contributed by atoms with van der Waals surface area (Å²) in [6, 6.07) is 2.58. The van der Waals surface area contributed by atoms with Gasteiger partial charge in [0.25, 0.3) is 11.8 Å². The van der Waals surface area contributed by atoms with E-state index in [1.165, 1.54) is 25.5 Å². The molecule has 4 aliphatic carbocycles. The highest BCUT2D eigenvalue weighted by atomic mass is 16.2. The lowest BCUT2D eigenvalue weighted by Crippen LogP contribution is -2.59. The van der Waals surface area contributed by atoms with E-state index in [1.807, 2.05) is 13.8 Å². The number of nitrogens with one attached hydrogen (secondary N) is 3. The molecule has 1 heterocycles. The number of hydrogen-bond acceptors (Lipinski definition) is 4. The predicted molar refractivity (Wildman–Crippen MR) is 107 cm³/mol. The van der Waals surface area contributed by atoms with Crippen molar-refractivity contribution in [1.29, 1.82) is 0 Å². The fraction of sp³-hybridized carbons (Fsp3) is 0.636. The minimum atomic E-state index is -0.690. The van der Waals surface area contributed by atoms with Gasteiger partial charge in [-0.25, -0.2) is 0 Å². The number of carbonyl (C=O) groups is 3. The van der Waals surface area contributed by atoms with Crippen LogP contribution in [-0.2, 0) is 9.59 Å². The van der Waals surface area contributed by atoms with Crippen LogP contribution in [0.3, 0.4) is 0 Å². The molecule has 0 unspecified atom stereocenters. The molecule has 4 fully saturated rings. The zero-order valence-electron chi connectivity index (χ0n) is 17.1. The van der Waals surface area contributed by atoms with Gasteiger partial charge < -0.3 is 5.32 Å². The third kappa shape index (κ3) is 4.00. The maximum absolute atomic E-state index is 13.3. The highest BCUT2D eigenvalue weighted by Crippen LogP contribution is 2.60. The minimum Gasteiger partial charge on any atom is -0.344 e. The predicted octanol–water partition coefficient (Wildman–Crippen LogP) is 2.20.